The average Bonchev–Trinajstić information content (AvgIpc) is 2.13. The highest BCUT2D eigenvalue weighted by Crippen LogP contribution is 2.08. The molecule has 0 spiro atoms. The summed E-state index contributed by atoms with van der Waals surface area (Å²) >= 11 is 0. The first kappa shape index (κ1) is 13.9. The molecule has 0 aliphatic rings. The van der Waals surface area contributed by atoms with Crippen LogP contribution in [0.3, 0.4) is 0 Å². The monoisotopic (exact) mass is 218 g/mol. The minimum absolute atomic E-state index is 0.0145. The SMILES string of the molecule is CCOC(=O)CC(CCCO)OC(C)=O. The molecule has 0 aromatic heterocycles. The van der Waals surface area contributed by atoms with Gasteiger partial charge < -0.3 is 14.6 Å². The number of ether oxygens (including phenoxy) is 2. The van der Waals surface area contributed by atoms with Crippen LogP contribution in [-0.2, 0) is 19.1 Å². The van der Waals surface area contributed by atoms with Gasteiger partial charge in [-0.2, -0.15) is 0 Å². The van der Waals surface area contributed by atoms with E-state index in [-0.39, 0.29) is 19.0 Å². The molecule has 0 saturated carbocycles. The molecule has 0 aromatic carbocycles. The Kier molecular flexibility index (Phi) is 7.62. The summed E-state index contributed by atoms with van der Waals surface area (Å²) in [5.41, 5.74) is 0. The third kappa shape index (κ3) is 7.93. The van der Waals surface area contributed by atoms with E-state index in [1.54, 1.807) is 6.92 Å². The van der Waals surface area contributed by atoms with Gasteiger partial charge in [0.25, 0.3) is 0 Å². The third-order valence-corrected chi connectivity index (χ3v) is 1.72. The molecule has 0 bridgehead atoms. The van der Waals surface area contributed by atoms with Gasteiger partial charge in [-0.1, -0.05) is 0 Å². The Morgan fingerprint density at radius 2 is 2.07 bits per heavy atom. The van der Waals surface area contributed by atoms with Crippen LogP contribution in [0.1, 0.15) is 33.1 Å². The largest absolute Gasteiger partial charge is 0.466 e. The van der Waals surface area contributed by atoms with Crippen molar-refractivity contribution in [1.29, 1.82) is 0 Å². The van der Waals surface area contributed by atoms with Crippen molar-refractivity contribution in [2.45, 2.75) is 39.2 Å². The van der Waals surface area contributed by atoms with Crippen LogP contribution >= 0.6 is 0 Å². The number of esters is 2. The Labute approximate surface area is 89.4 Å². The van der Waals surface area contributed by atoms with E-state index in [4.69, 9.17) is 14.6 Å². The van der Waals surface area contributed by atoms with E-state index < -0.39 is 12.1 Å². The number of hydrogen-bond acceptors (Lipinski definition) is 5. The summed E-state index contributed by atoms with van der Waals surface area (Å²) < 4.78 is 9.66. The van der Waals surface area contributed by atoms with E-state index in [1.165, 1.54) is 6.92 Å². The lowest BCUT2D eigenvalue weighted by atomic mass is 10.1. The maximum atomic E-state index is 11.1. The van der Waals surface area contributed by atoms with Gasteiger partial charge in [0.1, 0.15) is 6.10 Å². The zero-order chi connectivity index (χ0) is 11.7. The molecule has 0 fully saturated rings. The highest BCUT2D eigenvalue weighted by atomic mass is 16.6. The zero-order valence-corrected chi connectivity index (χ0v) is 9.19. The second-order valence-corrected chi connectivity index (χ2v) is 3.11. The first-order chi connectivity index (χ1) is 7.10. The van der Waals surface area contributed by atoms with Crippen molar-refractivity contribution in [1.82, 2.24) is 0 Å². The van der Waals surface area contributed by atoms with Gasteiger partial charge in [0.15, 0.2) is 0 Å². The molecule has 5 nitrogen and oxygen atoms in total. The molecule has 15 heavy (non-hydrogen) atoms. The molecule has 88 valence electrons. The Balaban J connectivity index is 3.98. The standard InChI is InChI=1S/C10H18O5/c1-3-14-10(13)7-9(5-4-6-11)15-8(2)12/h9,11H,3-7H2,1-2H3. The fourth-order valence-corrected chi connectivity index (χ4v) is 1.16. The molecule has 1 unspecified atom stereocenters. The lowest BCUT2D eigenvalue weighted by Crippen LogP contribution is -2.22. The van der Waals surface area contributed by atoms with Gasteiger partial charge in [-0.25, -0.2) is 0 Å². The number of hydrogen-bond donors (Lipinski definition) is 1. The van der Waals surface area contributed by atoms with Gasteiger partial charge in [0.05, 0.1) is 13.0 Å². The van der Waals surface area contributed by atoms with Crippen molar-refractivity contribution in [3.8, 4) is 0 Å². The molecule has 0 amide bonds. The minimum Gasteiger partial charge on any atom is -0.466 e. The molecule has 1 atom stereocenters. The Hall–Kier alpha value is -1.10. The van der Waals surface area contributed by atoms with Crippen LogP contribution in [0.4, 0.5) is 0 Å². The van der Waals surface area contributed by atoms with Crippen molar-refractivity contribution in [3.63, 3.8) is 0 Å². The molecule has 0 radical (unpaired) electrons. The first-order valence-corrected chi connectivity index (χ1v) is 5.03. The number of carbonyl (C=O) groups is 2. The van der Waals surface area contributed by atoms with Crippen molar-refractivity contribution < 1.29 is 24.2 Å². The maximum absolute atomic E-state index is 11.1. The van der Waals surface area contributed by atoms with E-state index in [1.807, 2.05) is 0 Å². The van der Waals surface area contributed by atoms with E-state index in [0.717, 1.165) is 0 Å². The molecule has 1 N–H and O–H groups in total. The molecule has 0 heterocycles. The van der Waals surface area contributed by atoms with Crippen molar-refractivity contribution >= 4 is 11.9 Å². The van der Waals surface area contributed by atoms with Gasteiger partial charge in [0.2, 0.25) is 0 Å². The molecular weight excluding hydrogens is 200 g/mol. The fourth-order valence-electron chi connectivity index (χ4n) is 1.16. The molecule has 0 rings (SSSR count). The van der Waals surface area contributed by atoms with E-state index in [9.17, 15) is 9.59 Å². The lowest BCUT2D eigenvalue weighted by Gasteiger charge is -2.15. The molecule has 0 saturated heterocycles. The summed E-state index contributed by atoms with van der Waals surface area (Å²) in [6, 6.07) is 0. The van der Waals surface area contributed by atoms with Crippen LogP contribution in [0.25, 0.3) is 0 Å². The summed E-state index contributed by atoms with van der Waals surface area (Å²) in [6.07, 6.45) is 0.522. The van der Waals surface area contributed by atoms with Crippen LogP contribution in [-0.4, -0.2) is 36.4 Å². The number of rotatable bonds is 7. The third-order valence-electron chi connectivity index (χ3n) is 1.72. The van der Waals surface area contributed by atoms with E-state index in [0.29, 0.717) is 19.4 Å². The highest BCUT2D eigenvalue weighted by Gasteiger charge is 2.17. The van der Waals surface area contributed by atoms with E-state index in [2.05, 4.69) is 0 Å². The minimum atomic E-state index is -0.492. The molecule has 5 heteroatoms. The topological polar surface area (TPSA) is 72.8 Å². The highest BCUT2D eigenvalue weighted by molar-refractivity contribution is 5.71. The average molecular weight is 218 g/mol. The van der Waals surface area contributed by atoms with Gasteiger partial charge in [-0.05, 0) is 19.8 Å². The van der Waals surface area contributed by atoms with Crippen LogP contribution < -0.4 is 0 Å². The summed E-state index contributed by atoms with van der Waals surface area (Å²) in [5.74, 6) is -0.816. The van der Waals surface area contributed by atoms with Gasteiger partial charge in [-0.15, -0.1) is 0 Å². The molecule has 0 aliphatic carbocycles. The Morgan fingerprint density at radius 1 is 1.40 bits per heavy atom. The number of aliphatic hydroxyl groups excluding tert-OH is 1. The summed E-state index contributed by atoms with van der Waals surface area (Å²) in [6.45, 7) is 3.33. The summed E-state index contributed by atoms with van der Waals surface area (Å²) in [4.78, 5) is 21.8. The van der Waals surface area contributed by atoms with E-state index >= 15 is 0 Å². The smallest absolute Gasteiger partial charge is 0.309 e. The zero-order valence-electron chi connectivity index (χ0n) is 9.19. The fraction of sp³-hybridized carbons (Fsp3) is 0.800. The van der Waals surface area contributed by atoms with Crippen molar-refractivity contribution in [3.05, 3.63) is 0 Å². The number of aliphatic hydroxyl groups is 1. The van der Waals surface area contributed by atoms with Crippen LogP contribution in [0.2, 0.25) is 0 Å². The second-order valence-electron chi connectivity index (χ2n) is 3.11. The Bertz CT molecular complexity index is 202. The normalized spacial score (nSPS) is 11.9. The molecule has 0 aliphatic heterocycles. The first-order valence-electron chi connectivity index (χ1n) is 5.03. The van der Waals surface area contributed by atoms with Crippen molar-refractivity contribution in [2.75, 3.05) is 13.2 Å². The van der Waals surface area contributed by atoms with Crippen LogP contribution in [0.5, 0.6) is 0 Å². The number of carbonyl (C=O) groups excluding carboxylic acids is 2. The Morgan fingerprint density at radius 3 is 2.53 bits per heavy atom. The predicted molar refractivity (Wildman–Crippen MR) is 53.1 cm³/mol. The van der Waals surface area contributed by atoms with Gasteiger partial charge in [-0.3, -0.25) is 9.59 Å². The second kappa shape index (κ2) is 8.23. The lowest BCUT2D eigenvalue weighted by molar-refractivity contribution is -0.153. The van der Waals surface area contributed by atoms with Crippen LogP contribution in [0, 0.1) is 0 Å². The summed E-state index contributed by atoms with van der Waals surface area (Å²) in [7, 11) is 0. The van der Waals surface area contributed by atoms with Crippen LogP contribution in [0.15, 0.2) is 0 Å². The summed E-state index contributed by atoms with van der Waals surface area (Å²) in [5, 5.41) is 8.63. The maximum Gasteiger partial charge on any atom is 0.309 e. The molecular formula is C10H18O5. The quantitative estimate of drug-likeness (QED) is 0.635. The predicted octanol–water partition coefficient (Wildman–Crippen LogP) is 0.644. The molecule has 0 aromatic rings. The van der Waals surface area contributed by atoms with Crippen molar-refractivity contribution in [2.24, 2.45) is 0 Å². The van der Waals surface area contributed by atoms with Gasteiger partial charge in [0, 0.05) is 13.5 Å². The van der Waals surface area contributed by atoms with Gasteiger partial charge >= 0.3 is 11.9 Å².